The van der Waals surface area contributed by atoms with Crippen LogP contribution in [0.25, 0.3) is 10.8 Å². The minimum absolute atomic E-state index is 0.142. The van der Waals surface area contributed by atoms with Crippen LogP contribution >= 0.6 is 0 Å². The summed E-state index contributed by atoms with van der Waals surface area (Å²) in [5, 5.41) is 7.23. The summed E-state index contributed by atoms with van der Waals surface area (Å²) in [6, 6.07) is 19.9. The smallest absolute Gasteiger partial charge is 0.408 e. The van der Waals surface area contributed by atoms with Gasteiger partial charge in [0.15, 0.2) is 0 Å². The molecule has 0 radical (unpaired) electrons. The standard InChI is InChI=1S/C22H22N2O4/c1-15(23-22(26)28-14-16-8-4-3-5-9-16)21(25)24-18-12-17-10-6-7-11-19(17)20(13-18)27-2/h3-13,15H,14H2,1-2H3,(H,23,26)(H,24,25)/t15-/m1/s1. The van der Waals surface area contributed by atoms with E-state index in [2.05, 4.69) is 10.6 Å². The molecule has 0 fully saturated rings. The van der Waals surface area contributed by atoms with Gasteiger partial charge in [0.1, 0.15) is 18.4 Å². The Balaban J connectivity index is 1.59. The van der Waals surface area contributed by atoms with Crippen molar-refractivity contribution in [3.8, 4) is 5.75 Å². The van der Waals surface area contributed by atoms with Crippen molar-refractivity contribution in [3.63, 3.8) is 0 Å². The lowest BCUT2D eigenvalue weighted by Gasteiger charge is -2.15. The minimum atomic E-state index is -0.763. The van der Waals surface area contributed by atoms with Gasteiger partial charge in [-0.1, -0.05) is 54.6 Å². The number of nitrogens with one attached hydrogen (secondary N) is 2. The average Bonchev–Trinajstić information content (AvgIpc) is 2.72. The number of hydrogen-bond donors (Lipinski definition) is 2. The molecule has 0 spiro atoms. The van der Waals surface area contributed by atoms with E-state index >= 15 is 0 Å². The first-order chi connectivity index (χ1) is 13.6. The lowest BCUT2D eigenvalue weighted by atomic mass is 10.1. The summed E-state index contributed by atoms with van der Waals surface area (Å²) in [5.74, 6) is 0.310. The molecular formula is C22H22N2O4. The second kappa shape index (κ2) is 8.90. The van der Waals surface area contributed by atoms with E-state index in [9.17, 15) is 9.59 Å². The first-order valence-electron chi connectivity index (χ1n) is 8.91. The Morgan fingerprint density at radius 1 is 1.00 bits per heavy atom. The zero-order valence-electron chi connectivity index (χ0n) is 15.8. The van der Waals surface area contributed by atoms with Crippen molar-refractivity contribution in [2.24, 2.45) is 0 Å². The number of anilines is 1. The van der Waals surface area contributed by atoms with Crippen LogP contribution in [0.3, 0.4) is 0 Å². The Morgan fingerprint density at radius 3 is 2.46 bits per heavy atom. The van der Waals surface area contributed by atoms with Gasteiger partial charge in [-0.25, -0.2) is 4.79 Å². The van der Waals surface area contributed by atoms with Crippen LogP contribution in [0.1, 0.15) is 12.5 Å². The highest BCUT2D eigenvalue weighted by atomic mass is 16.5. The van der Waals surface area contributed by atoms with Crippen molar-refractivity contribution < 1.29 is 19.1 Å². The maximum absolute atomic E-state index is 12.4. The van der Waals surface area contributed by atoms with E-state index in [-0.39, 0.29) is 12.5 Å². The SMILES string of the molecule is COc1cc(NC(=O)[C@@H](C)NC(=O)OCc2ccccc2)cc2ccccc12. The van der Waals surface area contributed by atoms with Crippen molar-refractivity contribution in [3.05, 3.63) is 72.3 Å². The zero-order chi connectivity index (χ0) is 19.9. The van der Waals surface area contributed by atoms with E-state index in [0.29, 0.717) is 11.4 Å². The second-order valence-electron chi connectivity index (χ2n) is 6.32. The predicted molar refractivity (Wildman–Crippen MR) is 108 cm³/mol. The van der Waals surface area contributed by atoms with Gasteiger partial charge in [-0.05, 0) is 23.9 Å². The van der Waals surface area contributed by atoms with Crippen LogP contribution in [-0.2, 0) is 16.1 Å². The van der Waals surface area contributed by atoms with Crippen LogP contribution in [0.15, 0.2) is 66.7 Å². The molecule has 0 saturated heterocycles. The molecule has 3 rings (SSSR count). The van der Waals surface area contributed by atoms with E-state index in [1.165, 1.54) is 0 Å². The molecule has 3 aromatic carbocycles. The second-order valence-corrected chi connectivity index (χ2v) is 6.32. The number of fused-ring (bicyclic) bond motifs is 1. The summed E-state index contributed by atoms with van der Waals surface area (Å²) in [7, 11) is 1.58. The lowest BCUT2D eigenvalue weighted by molar-refractivity contribution is -0.117. The average molecular weight is 378 g/mol. The number of alkyl carbamates (subject to hydrolysis) is 1. The van der Waals surface area contributed by atoms with Crippen molar-refractivity contribution in [1.82, 2.24) is 5.32 Å². The number of benzene rings is 3. The first-order valence-corrected chi connectivity index (χ1v) is 8.91. The minimum Gasteiger partial charge on any atom is -0.496 e. The van der Waals surface area contributed by atoms with Crippen LogP contribution in [0.4, 0.5) is 10.5 Å². The van der Waals surface area contributed by atoms with E-state index in [0.717, 1.165) is 16.3 Å². The fourth-order valence-corrected chi connectivity index (χ4v) is 2.77. The monoisotopic (exact) mass is 378 g/mol. The maximum atomic E-state index is 12.4. The number of ether oxygens (including phenoxy) is 2. The van der Waals surface area contributed by atoms with Crippen LogP contribution in [-0.4, -0.2) is 25.2 Å². The molecule has 2 amide bonds. The third-order valence-corrected chi connectivity index (χ3v) is 4.25. The summed E-state index contributed by atoms with van der Waals surface area (Å²) in [5.41, 5.74) is 1.46. The third kappa shape index (κ3) is 4.79. The molecule has 0 aliphatic carbocycles. The fraction of sp³-hybridized carbons (Fsp3) is 0.182. The van der Waals surface area contributed by atoms with Crippen LogP contribution in [0, 0.1) is 0 Å². The third-order valence-electron chi connectivity index (χ3n) is 4.25. The molecule has 0 aromatic heterocycles. The Bertz CT molecular complexity index is 973. The number of carbonyl (C=O) groups excluding carboxylic acids is 2. The van der Waals surface area contributed by atoms with Crippen LogP contribution in [0.5, 0.6) is 5.75 Å². The van der Waals surface area contributed by atoms with Gasteiger partial charge in [0.25, 0.3) is 0 Å². The summed E-state index contributed by atoms with van der Waals surface area (Å²) in [6.07, 6.45) is -0.650. The quantitative estimate of drug-likeness (QED) is 0.677. The van der Waals surface area contributed by atoms with Gasteiger partial charge in [-0.2, -0.15) is 0 Å². The van der Waals surface area contributed by atoms with Crippen molar-refractivity contribution in [2.75, 3.05) is 12.4 Å². The Kier molecular flexibility index (Phi) is 6.11. The molecule has 0 saturated carbocycles. The van der Waals surface area contributed by atoms with Crippen molar-refractivity contribution >= 4 is 28.5 Å². The Morgan fingerprint density at radius 2 is 1.71 bits per heavy atom. The molecule has 0 unspecified atom stereocenters. The van der Waals surface area contributed by atoms with Crippen molar-refractivity contribution in [2.45, 2.75) is 19.6 Å². The number of carbonyl (C=O) groups is 2. The van der Waals surface area contributed by atoms with E-state index in [1.807, 2.05) is 60.7 Å². The highest BCUT2D eigenvalue weighted by molar-refractivity contribution is 5.99. The van der Waals surface area contributed by atoms with Gasteiger partial charge in [-0.15, -0.1) is 0 Å². The largest absolute Gasteiger partial charge is 0.496 e. The highest BCUT2D eigenvalue weighted by Crippen LogP contribution is 2.29. The summed E-state index contributed by atoms with van der Waals surface area (Å²) >= 11 is 0. The van der Waals surface area contributed by atoms with Gasteiger partial charge in [-0.3, -0.25) is 4.79 Å². The molecule has 0 bridgehead atoms. The van der Waals surface area contributed by atoms with Crippen molar-refractivity contribution in [1.29, 1.82) is 0 Å². The van der Waals surface area contributed by atoms with Crippen LogP contribution < -0.4 is 15.4 Å². The van der Waals surface area contributed by atoms with Gasteiger partial charge < -0.3 is 20.1 Å². The number of hydrogen-bond acceptors (Lipinski definition) is 4. The molecule has 2 N–H and O–H groups in total. The summed E-state index contributed by atoms with van der Waals surface area (Å²) in [4.78, 5) is 24.4. The maximum Gasteiger partial charge on any atom is 0.408 e. The van der Waals surface area contributed by atoms with Crippen LogP contribution in [0.2, 0.25) is 0 Å². The fourth-order valence-electron chi connectivity index (χ4n) is 2.77. The molecule has 28 heavy (non-hydrogen) atoms. The number of amides is 2. The Labute approximate surface area is 163 Å². The topological polar surface area (TPSA) is 76.7 Å². The molecule has 3 aromatic rings. The lowest BCUT2D eigenvalue weighted by Crippen LogP contribution is -2.41. The molecule has 0 heterocycles. The molecule has 6 nitrogen and oxygen atoms in total. The van der Waals surface area contributed by atoms with Gasteiger partial charge in [0.2, 0.25) is 5.91 Å². The normalized spacial score (nSPS) is 11.5. The summed E-state index contributed by atoms with van der Waals surface area (Å²) < 4.78 is 10.6. The zero-order valence-corrected chi connectivity index (χ0v) is 15.8. The molecule has 6 heteroatoms. The van der Waals surface area contributed by atoms with E-state index in [1.54, 1.807) is 20.1 Å². The predicted octanol–water partition coefficient (Wildman–Crippen LogP) is 4.10. The van der Waals surface area contributed by atoms with Gasteiger partial charge in [0, 0.05) is 17.1 Å². The molecular weight excluding hydrogens is 356 g/mol. The number of rotatable bonds is 6. The van der Waals surface area contributed by atoms with Gasteiger partial charge in [0.05, 0.1) is 7.11 Å². The molecule has 0 aliphatic heterocycles. The van der Waals surface area contributed by atoms with Gasteiger partial charge >= 0.3 is 6.09 Å². The van der Waals surface area contributed by atoms with E-state index < -0.39 is 12.1 Å². The molecule has 1 atom stereocenters. The summed E-state index contributed by atoms with van der Waals surface area (Å²) in [6.45, 7) is 1.74. The van der Waals surface area contributed by atoms with E-state index in [4.69, 9.17) is 9.47 Å². The molecule has 144 valence electrons. The Hall–Kier alpha value is -3.54. The molecule has 0 aliphatic rings. The first kappa shape index (κ1) is 19.2. The highest BCUT2D eigenvalue weighted by Gasteiger charge is 2.17. The number of methoxy groups -OCH3 is 1.